The van der Waals surface area contributed by atoms with Crippen LogP contribution in [0.15, 0.2) is 24.3 Å². The van der Waals surface area contributed by atoms with Crippen molar-refractivity contribution in [3.63, 3.8) is 0 Å². The van der Waals surface area contributed by atoms with Gasteiger partial charge in [0, 0.05) is 5.69 Å². The van der Waals surface area contributed by atoms with E-state index in [0.29, 0.717) is 11.3 Å². The van der Waals surface area contributed by atoms with Gasteiger partial charge in [0.1, 0.15) is 0 Å². The molecule has 102 valence electrons. The van der Waals surface area contributed by atoms with Crippen LogP contribution in [0, 0.1) is 5.92 Å². The Morgan fingerprint density at radius 2 is 1.89 bits per heavy atom. The van der Waals surface area contributed by atoms with Crippen molar-refractivity contribution in [2.75, 3.05) is 12.4 Å². The van der Waals surface area contributed by atoms with E-state index >= 15 is 0 Å². The van der Waals surface area contributed by atoms with Crippen molar-refractivity contribution in [1.82, 2.24) is 0 Å². The van der Waals surface area contributed by atoms with Gasteiger partial charge in [-0.25, -0.2) is 4.79 Å². The fourth-order valence-corrected chi connectivity index (χ4v) is 1.94. The highest BCUT2D eigenvalue weighted by Gasteiger charge is 2.44. The second-order valence-electron chi connectivity index (χ2n) is 5.08. The number of amides is 1. The second kappa shape index (κ2) is 5.01. The number of carbonyl (C=O) groups is 2. The van der Waals surface area contributed by atoms with Gasteiger partial charge >= 0.3 is 5.97 Å². The average Bonchev–Trinajstić information content (AvgIpc) is 3.23. The topological polar surface area (TPSA) is 81.4 Å². The summed E-state index contributed by atoms with van der Waals surface area (Å²) in [5.74, 6) is -0.331. The van der Waals surface area contributed by atoms with Crippen LogP contribution >= 0.6 is 0 Å². The molecule has 1 fully saturated rings. The van der Waals surface area contributed by atoms with E-state index in [0.717, 1.165) is 12.8 Å². The zero-order valence-corrected chi connectivity index (χ0v) is 11.1. The third kappa shape index (κ3) is 2.93. The lowest BCUT2D eigenvalue weighted by atomic mass is 9.96. The Kier molecular flexibility index (Phi) is 3.57. The number of nitrogens with one attached hydrogen (secondary N) is 1. The van der Waals surface area contributed by atoms with Crippen molar-refractivity contribution >= 4 is 17.6 Å². The van der Waals surface area contributed by atoms with Crippen molar-refractivity contribution < 1.29 is 14.3 Å². The Morgan fingerprint density at radius 3 is 2.37 bits per heavy atom. The smallest absolute Gasteiger partial charge is 0.337 e. The fourth-order valence-electron chi connectivity index (χ4n) is 1.94. The summed E-state index contributed by atoms with van der Waals surface area (Å²) in [7, 11) is 1.33. The van der Waals surface area contributed by atoms with Crippen molar-refractivity contribution in [2.24, 2.45) is 11.7 Å². The standard InChI is InChI=1S/C14H18N2O3/c1-14(15,10-5-6-10)13(18)16-11-7-3-9(4-8-11)12(17)19-2/h3-4,7-8,10H,5-6,15H2,1-2H3,(H,16,18). The molecule has 5 nitrogen and oxygen atoms in total. The van der Waals surface area contributed by atoms with Crippen LogP contribution in [0.1, 0.15) is 30.1 Å². The summed E-state index contributed by atoms with van der Waals surface area (Å²) in [5, 5.41) is 2.77. The molecule has 1 aromatic carbocycles. The molecule has 1 atom stereocenters. The number of rotatable bonds is 4. The number of esters is 1. The Labute approximate surface area is 112 Å². The van der Waals surface area contributed by atoms with Gasteiger partial charge < -0.3 is 15.8 Å². The fraction of sp³-hybridized carbons (Fsp3) is 0.429. The van der Waals surface area contributed by atoms with E-state index in [4.69, 9.17) is 5.73 Å². The molecule has 0 aromatic heterocycles. The predicted octanol–water partition coefficient (Wildman–Crippen LogP) is 1.54. The zero-order valence-electron chi connectivity index (χ0n) is 11.1. The number of nitrogens with two attached hydrogens (primary N) is 1. The Morgan fingerprint density at radius 1 is 1.32 bits per heavy atom. The Bertz CT molecular complexity index is 490. The summed E-state index contributed by atoms with van der Waals surface area (Å²) < 4.78 is 4.60. The third-order valence-corrected chi connectivity index (χ3v) is 3.48. The largest absolute Gasteiger partial charge is 0.465 e. The molecule has 19 heavy (non-hydrogen) atoms. The van der Waals surface area contributed by atoms with Gasteiger partial charge in [-0.05, 0) is 49.9 Å². The van der Waals surface area contributed by atoms with Gasteiger partial charge in [0.25, 0.3) is 0 Å². The van der Waals surface area contributed by atoms with Crippen molar-refractivity contribution in [2.45, 2.75) is 25.3 Å². The first-order valence-corrected chi connectivity index (χ1v) is 6.24. The maximum Gasteiger partial charge on any atom is 0.337 e. The molecule has 1 amide bonds. The first-order chi connectivity index (χ1) is 8.95. The highest BCUT2D eigenvalue weighted by Crippen LogP contribution is 2.38. The molecule has 0 heterocycles. The summed E-state index contributed by atoms with van der Waals surface area (Å²) >= 11 is 0. The highest BCUT2D eigenvalue weighted by atomic mass is 16.5. The first kappa shape index (κ1) is 13.5. The van der Waals surface area contributed by atoms with Gasteiger partial charge in [0.2, 0.25) is 5.91 Å². The third-order valence-electron chi connectivity index (χ3n) is 3.48. The summed E-state index contributed by atoms with van der Waals surface area (Å²) in [6, 6.07) is 6.53. The molecule has 0 saturated heterocycles. The quantitative estimate of drug-likeness (QED) is 0.806. The molecule has 2 rings (SSSR count). The summed E-state index contributed by atoms with van der Waals surface area (Å²) in [6.07, 6.45) is 2.00. The molecular formula is C14H18N2O3. The minimum Gasteiger partial charge on any atom is -0.465 e. The van der Waals surface area contributed by atoms with Crippen LogP contribution < -0.4 is 11.1 Å². The molecule has 1 aliphatic rings. The van der Waals surface area contributed by atoms with Crippen LogP contribution in [-0.4, -0.2) is 24.5 Å². The van der Waals surface area contributed by atoms with Crippen molar-refractivity contribution in [3.8, 4) is 0 Å². The van der Waals surface area contributed by atoms with Crippen molar-refractivity contribution in [1.29, 1.82) is 0 Å². The average molecular weight is 262 g/mol. The monoisotopic (exact) mass is 262 g/mol. The van der Waals surface area contributed by atoms with Gasteiger partial charge in [-0.2, -0.15) is 0 Å². The normalized spacial score (nSPS) is 17.4. The van der Waals surface area contributed by atoms with Gasteiger partial charge in [0.15, 0.2) is 0 Å². The number of hydrogen-bond acceptors (Lipinski definition) is 4. The molecule has 0 aliphatic heterocycles. The molecule has 0 spiro atoms. The second-order valence-corrected chi connectivity index (χ2v) is 5.08. The zero-order chi connectivity index (χ0) is 14.0. The lowest BCUT2D eigenvalue weighted by Crippen LogP contribution is -2.50. The summed E-state index contributed by atoms with van der Waals surface area (Å²) in [6.45, 7) is 1.75. The van der Waals surface area contributed by atoms with Crippen LogP contribution in [0.25, 0.3) is 0 Å². The molecule has 5 heteroatoms. The van der Waals surface area contributed by atoms with Gasteiger partial charge in [-0.1, -0.05) is 0 Å². The molecule has 1 aliphatic carbocycles. The minimum absolute atomic E-state index is 0.194. The van der Waals surface area contributed by atoms with Crippen LogP contribution in [-0.2, 0) is 9.53 Å². The molecule has 0 radical (unpaired) electrons. The van der Waals surface area contributed by atoms with Gasteiger partial charge in [0.05, 0.1) is 18.2 Å². The van der Waals surface area contributed by atoms with E-state index in [2.05, 4.69) is 10.1 Å². The van der Waals surface area contributed by atoms with Crippen LogP contribution in [0.2, 0.25) is 0 Å². The first-order valence-electron chi connectivity index (χ1n) is 6.24. The van der Waals surface area contributed by atoms with E-state index in [1.165, 1.54) is 7.11 Å². The van der Waals surface area contributed by atoms with Crippen LogP contribution in [0.4, 0.5) is 5.69 Å². The van der Waals surface area contributed by atoms with Crippen molar-refractivity contribution in [3.05, 3.63) is 29.8 Å². The van der Waals surface area contributed by atoms with E-state index in [1.54, 1.807) is 31.2 Å². The Balaban J connectivity index is 2.03. The SMILES string of the molecule is COC(=O)c1ccc(NC(=O)C(C)(N)C2CC2)cc1. The molecule has 1 saturated carbocycles. The highest BCUT2D eigenvalue weighted by molar-refractivity contribution is 5.98. The minimum atomic E-state index is -0.832. The molecular weight excluding hydrogens is 244 g/mol. The number of methoxy groups -OCH3 is 1. The van der Waals surface area contributed by atoms with Gasteiger partial charge in [-0.3, -0.25) is 4.79 Å². The van der Waals surface area contributed by atoms with E-state index < -0.39 is 11.5 Å². The van der Waals surface area contributed by atoms with Gasteiger partial charge in [-0.15, -0.1) is 0 Å². The van der Waals surface area contributed by atoms with Crippen LogP contribution in [0.3, 0.4) is 0 Å². The van der Waals surface area contributed by atoms with E-state index in [1.807, 2.05) is 0 Å². The molecule has 1 unspecified atom stereocenters. The number of carbonyl (C=O) groups excluding carboxylic acids is 2. The molecule has 3 N–H and O–H groups in total. The summed E-state index contributed by atoms with van der Waals surface area (Å²) in [4.78, 5) is 23.3. The number of benzene rings is 1. The number of anilines is 1. The Hall–Kier alpha value is -1.88. The number of ether oxygens (including phenoxy) is 1. The van der Waals surface area contributed by atoms with E-state index in [-0.39, 0.29) is 11.8 Å². The number of hydrogen-bond donors (Lipinski definition) is 2. The van der Waals surface area contributed by atoms with E-state index in [9.17, 15) is 9.59 Å². The lowest BCUT2D eigenvalue weighted by Gasteiger charge is -2.23. The maximum absolute atomic E-state index is 12.1. The maximum atomic E-state index is 12.1. The lowest BCUT2D eigenvalue weighted by molar-refractivity contribution is -0.121. The van der Waals surface area contributed by atoms with Crippen LogP contribution in [0.5, 0.6) is 0 Å². The predicted molar refractivity (Wildman–Crippen MR) is 71.7 cm³/mol. The molecule has 1 aromatic rings. The molecule has 0 bridgehead atoms. The summed E-state index contributed by atoms with van der Waals surface area (Å²) in [5.41, 5.74) is 6.26.